The Hall–Kier alpha value is -2.09. The van der Waals surface area contributed by atoms with Gasteiger partial charge in [0.1, 0.15) is 11.3 Å². The molecule has 28 heavy (non-hydrogen) atoms. The van der Waals surface area contributed by atoms with E-state index >= 15 is 0 Å². The van der Waals surface area contributed by atoms with Crippen LogP contribution in [-0.2, 0) is 17.5 Å². The van der Waals surface area contributed by atoms with Gasteiger partial charge in [-0.15, -0.1) is 0 Å². The molecule has 0 radical (unpaired) electrons. The smallest absolute Gasteiger partial charge is 0.396 e. The van der Waals surface area contributed by atoms with Crippen molar-refractivity contribution in [3.05, 3.63) is 30.1 Å². The second-order valence-electron chi connectivity index (χ2n) is 8.31. The number of hydrogen-bond acceptors (Lipinski definition) is 3. The van der Waals surface area contributed by atoms with E-state index in [1.165, 1.54) is 16.8 Å². The van der Waals surface area contributed by atoms with E-state index in [1.54, 1.807) is 17.0 Å². The van der Waals surface area contributed by atoms with E-state index in [0.717, 1.165) is 12.8 Å². The summed E-state index contributed by atoms with van der Waals surface area (Å²) in [7, 11) is 0. The number of aliphatic hydroxyl groups is 1. The largest absolute Gasteiger partial charge is 0.431 e. The maximum Gasteiger partial charge on any atom is 0.431 e. The highest BCUT2D eigenvalue weighted by atomic mass is 19.4. The minimum atomic E-state index is -4.42. The van der Waals surface area contributed by atoms with Gasteiger partial charge in [-0.3, -0.25) is 4.79 Å². The topological polar surface area (TPSA) is 58.4 Å². The first kappa shape index (κ1) is 19.2. The first-order valence-corrected chi connectivity index (χ1v) is 9.67. The van der Waals surface area contributed by atoms with Crippen LogP contribution in [-0.4, -0.2) is 45.2 Å². The normalized spacial score (nSPS) is 20.2. The molecule has 3 heterocycles. The molecule has 8 heteroatoms. The molecule has 4 rings (SSSR count). The van der Waals surface area contributed by atoms with Crippen molar-refractivity contribution in [1.82, 2.24) is 14.5 Å². The lowest BCUT2D eigenvalue weighted by molar-refractivity contribution is -0.162. The zero-order valence-electron chi connectivity index (χ0n) is 15.7. The number of likely N-dealkylation sites (tertiary alicyclic amines) is 1. The molecule has 5 nitrogen and oxygen atoms in total. The Balaban J connectivity index is 1.42. The zero-order valence-corrected chi connectivity index (χ0v) is 15.7. The highest BCUT2D eigenvalue weighted by molar-refractivity contribution is 5.80. The summed E-state index contributed by atoms with van der Waals surface area (Å²) in [6.45, 7) is 3.32. The van der Waals surface area contributed by atoms with E-state index in [2.05, 4.69) is 4.98 Å². The molecule has 1 aliphatic carbocycles. The Kier molecular flexibility index (Phi) is 4.64. The number of aromatic nitrogens is 2. The molecular weight excluding hydrogens is 371 g/mol. The highest BCUT2D eigenvalue weighted by Gasteiger charge is 2.54. The van der Waals surface area contributed by atoms with Crippen LogP contribution in [0, 0.1) is 17.3 Å². The Labute approximate surface area is 161 Å². The van der Waals surface area contributed by atoms with Crippen LogP contribution in [0.3, 0.4) is 0 Å². The number of rotatable bonds is 5. The fourth-order valence-corrected chi connectivity index (χ4v) is 4.88. The van der Waals surface area contributed by atoms with Gasteiger partial charge in [-0.2, -0.15) is 13.2 Å². The van der Waals surface area contributed by atoms with Crippen LogP contribution in [0.2, 0.25) is 0 Å². The van der Waals surface area contributed by atoms with Crippen molar-refractivity contribution in [2.75, 3.05) is 19.7 Å². The molecule has 1 atom stereocenters. The van der Waals surface area contributed by atoms with Crippen molar-refractivity contribution < 1.29 is 23.1 Å². The van der Waals surface area contributed by atoms with E-state index in [4.69, 9.17) is 0 Å². The molecule has 1 spiro atoms. The number of nitrogens with zero attached hydrogens (tertiary/aromatic N) is 3. The third-order valence-electron chi connectivity index (χ3n) is 6.26. The summed E-state index contributed by atoms with van der Waals surface area (Å²) in [5, 5.41) is 9.78. The van der Waals surface area contributed by atoms with E-state index in [0.29, 0.717) is 37.1 Å². The van der Waals surface area contributed by atoms with Crippen LogP contribution >= 0.6 is 0 Å². The van der Waals surface area contributed by atoms with Gasteiger partial charge in [-0.25, -0.2) is 4.98 Å². The molecule has 1 N–H and O–H groups in total. The number of amides is 1. The van der Waals surface area contributed by atoms with Gasteiger partial charge in [0.2, 0.25) is 5.91 Å². The van der Waals surface area contributed by atoms with Crippen LogP contribution in [0.25, 0.3) is 11.0 Å². The quantitative estimate of drug-likeness (QED) is 0.845. The summed E-state index contributed by atoms with van der Waals surface area (Å²) in [5.74, 6) is -0.213. The average molecular weight is 395 g/mol. The third kappa shape index (κ3) is 3.17. The zero-order chi connectivity index (χ0) is 20.1. The molecule has 2 aromatic heterocycles. The van der Waals surface area contributed by atoms with Gasteiger partial charge in [0.05, 0.1) is 12.5 Å². The van der Waals surface area contributed by atoms with Crippen molar-refractivity contribution >= 4 is 16.9 Å². The van der Waals surface area contributed by atoms with Crippen LogP contribution in [0.5, 0.6) is 0 Å². The average Bonchev–Trinajstić information content (AvgIpc) is 2.95. The van der Waals surface area contributed by atoms with Crippen molar-refractivity contribution in [2.45, 2.75) is 38.9 Å². The third-order valence-corrected chi connectivity index (χ3v) is 6.26. The summed E-state index contributed by atoms with van der Waals surface area (Å²) in [6.07, 6.45) is -0.661. The number of carbonyl (C=O) groups is 1. The first-order valence-electron chi connectivity index (χ1n) is 9.67. The summed E-state index contributed by atoms with van der Waals surface area (Å²) in [5.41, 5.74) is -0.237. The molecule has 0 bridgehead atoms. The van der Waals surface area contributed by atoms with Crippen molar-refractivity contribution in [3.63, 3.8) is 0 Å². The predicted molar refractivity (Wildman–Crippen MR) is 97.3 cm³/mol. The Morgan fingerprint density at radius 2 is 2.11 bits per heavy atom. The highest BCUT2D eigenvalue weighted by Crippen LogP contribution is 2.53. The monoisotopic (exact) mass is 395 g/mol. The second-order valence-corrected chi connectivity index (χ2v) is 8.31. The molecule has 2 fully saturated rings. The number of hydrogen-bond donors (Lipinski definition) is 1. The summed E-state index contributed by atoms with van der Waals surface area (Å²) < 4.78 is 41.7. The van der Waals surface area contributed by atoms with E-state index in [1.807, 2.05) is 6.92 Å². The van der Waals surface area contributed by atoms with E-state index < -0.39 is 11.9 Å². The van der Waals surface area contributed by atoms with Crippen LogP contribution in [0.1, 0.15) is 31.9 Å². The number of halogens is 3. The molecule has 1 aliphatic heterocycles. The molecule has 2 aliphatic rings. The lowest BCUT2D eigenvalue weighted by Crippen LogP contribution is -2.65. The number of fused-ring (bicyclic) bond motifs is 1. The minimum absolute atomic E-state index is 0.0148. The first-order chi connectivity index (χ1) is 13.3. The summed E-state index contributed by atoms with van der Waals surface area (Å²) >= 11 is 0. The van der Waals surface area contributed by atoms with E-state index in [9.17, 15) is 23.1 Å². The van der Waals surface area contributed by atoms with Gasteiger partial charge in [-0.1, -0.05) is 6.92 Å². The summed E-state index contributed by atoms with van der Waals surface area (Å²) in [6, 6.07) is 4.46. The molecular formula is C20H24F3N3O2. The minimum Gasteiger partial charge on any atom is -0.396 e. The van der Waals surface area contributed by atoms with Gasteiger partial charge in [0.15, 0.2) is 0 Å². The molecule has 0 aromatic carbocycles. The standard InChI is InChI=1S/C20H24F3N3O2/c1-2-14(10-27)18(28)25-11-19(12-25)7-13(8-19)9-26-16(20(21,22)23)6-15-4-3-5-24-17(15)26/h3-6,13-14,27H,2,7-12H2,1H3/t14-/m1/s1. The molecule has 1 saturated carbocycles. The van der Waals surface area contributed by atoms with Crippen molar-refractivity contribution in [3.8, 4) is 0 Å². The number of carbonyl (C=O) groups excluding carboxylic acids is 1. The van der Waals surface area contributed by atoms with Crippen molar-refractivity contribution in [1.29, 1.82) is 0 Å². The van der Waals surface area contributed by atoms with Gasteiger partial charge >= 0.3 is 6.18 Å². The molecule has 1 saturated heterocycles. The van der Waals surface area contributed by atoms with Gasteiger partial charge in [-0.05, 0) is 43.4 Å². The Bertz CT molecular complexity index is 874. The van der Waals surface area contributed by atoms with Gasteiger partial charge in [0.25, 0.3) is 0 Å². The van der Waals surface area contributed by atoms with E-state index in [-0.39, 0.29) is 29.8 Å². The Morgan fingerprint density at radius 3 is 2.71 bits per heavy atom. The molecule has 0 unspecified atom stereocenters. The van der Waals surface area contributed by atoms with Crippen LogP contribution in [0.15, 0.2) is 24.4 Å². The van der Waals surface area contributed by atoms with Crippen molar-refractivity contribution in [2.24, 2.45) is 17.3 Å². The lowest BCUT2D eigenvalue weighted by Gasteiger charge is -2.59. The number of aliphatic hydroxyl groups excluding tert-OH is 1. The molecule has 1 amide bonds. The summed E-state index contributed by atoms with van der Waals surface area (Å²) in [4.78, 5) is 18.2. The van der Waals surface area contributed by atoms with Gasteiger partial charge in [0, 0.05) is 36.6 Å². The maximum absolute atomic E-state index is 13.5. The lowest BCUT2D eigenvalue weighted by atomic mass is 9.57. The SMILES string of the molecule is CC[C@H](CO)C(=O)N1CC2(CC(Cn3c(C(F)(F)F)cc4cccnc43)C2)C1. The second kappa shape index (κ2) is 6.76. The van der Waals surface area contributed by atoms with Crippen LogP contribution in [0.4, 0.5) is 13.2 Å². The fourth-order valence-electron chi connectivity index (χ4n) is 4.88. The van der Waals surface area contributed by atoms with Gasteiger partial charge < -0.3 is 14.6 Å². The molecule has 2 aromatic rings. The number of pyridine rings is 1. The maximum atomic E-state index is 13.5. The fraction of sp³-hybridized carbons (Fsp3) is 0.600. The number of alkyl halides is 3. The predicted octanol–water partition coefficient (Wildman–Crippen LogP) is 3.31. The Morgan fingerprint density at radius 1 is 1.39 bits per heavy atom. The van der Waals surface area contributed by atoms with Crippen LogP contribution < -0.4 is 0 Å². The molecule has 152 valence electrons.